The van der Waals surface area contributed by atoms with Crippen LogP contribution in [0.2, 0.25) is 0 Å². The summed E-state index contributed by atoms with van der Waals surface area (Å²) in [6, 6.07) is 6.33. The molecule has 0 bridgehead atoms. The maximum absolute atomic E-state index is 13.1. The van der Waals surface area contributed by atoms with Crippen LogP contribution < -0.4 is 4.90 Å². The Kier molecular flexibility index (Phi) is 5.65. The zero-order chi connectivity index (χ0) is 21.4. The zero-order valence-corrected chi connectivity index (χ0v) is 19.0. The van der Waals surface area contributed by atoms with E-state index in [1.807, 2.05) is 32.0 Å². The highest BCUT2D eigenvalue weighted by molar-refractivity contribution is 7.99. The number of anilines is 1. The molecule has 2 fully saturated rings. The first-order chi connectivity index (χ1) is 15.1. The quantitative estimate of drug-likeness (QED) is 0.376. The van der Waals surface area contributed by atoms with Crippen LogP contribution in [0.3, 0.4) is 0 Å². The fraction of sp³-hybridized carbons (Fsp3) is 0.522. The van der Waals surface area contributed by atoms with Gasteiger partial charge in [0, 0.05) is 36.1 Å². The Hall–Kier alpha value is -2.48. The summed E-state index contributed by atoms with van der Waals surface area (Å²) >= 11 is 1.52. The van der Waals surface area contributed by atoms with Crippen molar-refractivity contribution in [3.8, 4) is 0 Å². The fourth-order valence-corrected chi connectivity index (χ4v) is 5.31. The fourth-order valence-electron chi connectivity index (χ4n) is 4.42. The number of thioether (sulfide) groups is 1. The second-order valence-electron chi connectivity index (χ2n) is 8.59. The maximum atomic E-state index is 13.1. The molecular formula is C23H29N5O2S. The number of ketones is 1. The number of carbonyl (C=O) groups excluding carboxylic acids is 1. The highest BCUT2D eigenvalue weighted by atomic mass is 32.2. The number of furan rings is 1. The molecule has 0 amide bonds. The van der Waals surface area contributed by atoms with Crippen molar-refractivity contribution in [2.45, 2.75) is 63.7 Å². The molecule has 0 spiro atoms. The number of hydrogen-bond donors (Lipinski definition) is 0. The minimum atomic E-state index is 0.133. The third kappa shape index (κ3) is 4.18. The number of piperidine rings is 1. The summed E-state index contributed by atoms with van der Waals surface area (Å²) in [6.07, 6.45) is 7.75. The van der Waals surface area contributed by atoms with Crippen LogP contribution in [0.4, 0.5) is 5.95 Å². The van der Waals surface area contributed by atoms with Crippen LogP contribution in [0, 0.1) is 13.8 Å². The normalized spacial score (nSPS) is 16.8. The Morgan fingerprint density at radius 1 is 1.19 bits per heavy atom. The molecule has 3 aromatic rings. The average molecular weight is 440 g/mol. The standard InChI is InChI=1S/C23H29N5O2S/c1-16-13-20(17(2)27(16)14-19-7-6-12-30-19)21(29)15-31-23-25-24-22(28(23)18-8-9-18)26-10-4-3-5-11-26/h6-7,12-13,18H,3-5,8-11,14-15H2,1-2H3. The van der Waals surface area contributed by atoms with Gasteiger partial charge < -0.3 is 13.9 Å². The molecule has 0 radical (unpaired) electrons. The van der Waals surface area contributed by atoms with Gasteiger partial charge in [0.25, 0.3) is 0 Å². The van der Waals surface area contributed by atoms with Crippen LogP contribution in [0.5, 0.6) is 0 Å². The molecule has 1 saturated heterocycles. The third-order valence-corrected chi connectivity index (χ3v) is 7.24. The second-order valence-corrected chi connectivity index (χ2v) is 9.54. The van der Waals surface area contributed by atoms with Crippen LogP contribution in [0.1, 0.15) is 65.7 Å². The van der Waals surface area contributed by atoms with E-state index in [9.17, 15) is 4.79 Å². The van der Waals surface area contributed by atoms with E-state index in [0.717, 1.165) is 46.9 Å². The van der Waals surface area contributed by atoms with Crippen molar-refractivity contribution >= 4 is 23.5 Å². The Morgan fingerprint density at radius 3 is 2.71 bits per heavy atom. The molecule has 5 rings (SSSR count). The molecule has 7 nitrogen and oxygen atoms in total. The molecule has 1 aliphatic heterocycles. The molecule has 2 aliphatic rings. The molecule has 3 aromatic heterocycles. The van der Waals surface area contributed by atoms with E-state index in [-0.39, 0.29) is 5.78 Å². The van der Waals surface area contributed by atoms with Crippen molar-refractivity contribution in [2.75, 3.05) is 23.7 Å². The highest BCUT2D eigenvalue weighted by Crippen LogP contribution is 2.41. The summed E-state index contributed by atoms with van der Waals surface area (Å²) in [4.78, 5) is 15.5. The number of aryl methyl sites for hydroxylation is 1. The lowest BCUT2D eigenvalue weighted by molar-refractivity contribution is 0.102. The van der Waals surface area contributed by atoms with E-state index >= 15 is 0 Å². The van der Waals surface area contributed by atoms with Gasteiger partial charge in [0.05, 0.1) is 18.6 Å². The van der Waals surface area contributed by atoms with Crippen LogP contribution in [-0.4, -0.2) is 44.0 Å². The summed E-state index contributed by atoms with van der Waals surface area (Å²) in [5, 5.41) is 9.88. The van der Waals surface area contributed by atoms with Gasteiger partial charge in [-0.15, -0.1) is 10.2 Å². The van der Waals surface area contributed by atoms with Crippen molar-refractivity contribution in [2.24, 2.45) is 0 Å². The number of Topliss-reactive ketones (excluding diaryl/α,β-unsaturated/α-hetero) is 1. The molecule has 1 saturated carbocycles. The summed E-state index contributed by atoms with van der Waals surface area (Å²) in [6.45, 7) is 6.79. The van der Waals surface area contributed by atoms with Gasteiger partial charge in [-0.2, -0.15) is 0 Å². The van der Waals surface area contributed by atoms with Gasteiger partial charge in [-0.25, -0.2) is 0 Å². The van der Waals surface area contributed by atoms with E-state index in [2.05, 4.69) is 24.2 Å². The van der Waals surface area contributed by atoms with Crippen molar-refractivity contribution in [1.29, 1.82) is 0 Å². The van der Waals surface area contributed by atoms with E-state index in [1.54, 1.807) is 6.26 Å². The molecule has 0 aromatic carbocycles. The lowest BCUT2D eigenvalue weighted by Gasteiger charge is -2.27. The summed E-state index contributed by atoms with van der Waals surface area (Å²) in [5.41, 5.74) is 2.83. The number of carbonyl (C=O) groups is 1. The predicted molar refractivity (Wildman–Crippen MR) is 121 cm³/mol. The van der Waals surface area contributed by atoms with Crippen molar-refractivity contribution < 1.29 is 9.21 Å². The lowest BCUT2D eigenvalue weighted by atomic mass is 10.1. The Balaban J connectivity index is 1.30. The highest BCUT2D eigenvalue weighted by Gasteiger charge is 2.32. The average Bonchev–Trinajstić information content (AvgIpc) is 3.20. The van der Waals surface area contributed by atoms with Gasteiger partial charge in [-0.1, -0.05) is 11.8 Å². The topological polar surface area (TPSA) is 69.1 Å². The first kappa shape index (κ1) is 20.4. The number of nitrogens with zero attached hydrogens (tertiary/aromatic N) is 5. The number of rotatable bonds is 8. The van der Waals surface area contributed by atoms with Gasteiger partial charge in [-0.3, -0.25) is 9.36 Å². The van der Waals surface area contributed by atoms with Crippen LogP contribution in [0.25, 0.3) is 0 Å². The SMILES string of the molecule is Cc1cc(C(=O)CSc2nnc(N3CCCCC3)n2C2CC2)c(C)n1Cc1ccco1. The first-order valence-corrected chi connectivity index (χ1v) is 12.2. The molecular weight excluding hydrogens is 410 g/mol. The minimum absolute atomic E-state index is 0.133. The van der Waals surface area contributed by atoms with Crippen LogP contribution in [-0.2, 0) is 6.54 Å². The summed E-state index contributed by atoms with van der Waals surface area (Å²) in [7, 11) is 0. The molecule has 0 unspecified atom stereocenters. The predicted octanol–water partition coefficient (Wildman–Crippen LogP) is 4.64. The minimum Gasteiger partial charge on any atom is -0.467 e. The Morgan fingerprint density at radius 2 is 2.00 bits per heavy atom. The van der Waals surface area contributed by atoms with Gasteiger partial charge in [0.1, 0.15) is 5.76 Å². The van der Waals surface area contributed by atoms with Crippen LogP contribution >= 0.6 is 11.8 Å². The van der Waals surface area contributed by atoms with E-state index in [0.29, 0.717) is 18.3 Å². The summed E-state index contributed by atoms with van der Waals surface area (Å²) < 4.78 is 9.90. The maximum Gasteiger partial charge on any atom is 0.228 e. The third-order valence-electron chi connectivity index (χ3n) is 6.30. The van der Waals surface area contributed by atoms with Gasteiger partial charge >= 0.3 is 0 Å². The van der Waals surface area contributed by atoms with E-state index < -0.39 is 0 Å². The molecule has 31 heavy (non-hydrogen) atoms. The smallest absolute Gasteiger partial charge is 0.228 e. The number of aromatic nitrogens is 4. The molecule has 1 aliphatic carbocycles. The largest absolute Gasteiger partial charge is 0.467 e. The molecule has 164 valence electrons. The van der Waals surface area contributed by atoms with Crippen molar-refractivity contribution in [3.63, 3.8) is 0 Å². The molecule has 8 heteroatoms. The van der Waals surface area contributed by atoms with E-state index in [4.69, 9.17) is 4.42 Å². The summed E-state index contributed by atoms with van der Waals surface area (Å²) in [5.74, 6) is 2.39. The van der Waals surface area contributed by atoms with Crippen molar-refractivity contribution in [3.05, 3.63) is 47.2 Å². The number of hydrogen-bond acceptors (Lipinski definition) is 6. The molecule has 4 heterocycles. The lowest BCUT2D eigenvalue weighted by Crippen LogP contribution is -2.31. The Labute approximate surface area is 186 Å². The van der Waals surface area contributed by atoms with Gasteiger partial charge in [-0.05, 0) is 64.2 Å². The zero-order valence-electron chi connectivity index (χ0n) is 18.2. The van der Waals surface area contributed by atoms with Crippen LogP contribution in [0.15, 0.2) is 34.0 Å². The molecule has 0 atom stereocenters. The van der Waals surface area contributed by atoms with E-state index in [1.165, 1.54) is 43.9 Å². The van der Waals surface area contributed by atoms with Crippen molar-refractivity contribution in [1.82, 2.24) is 19.3 Å². The van der Waals surface area contributed by atoms with Gasteiger partial charge in [0.2, 0.25) is 5.95 Å². The molecule has 0 N–H and O–H groups in total. The van der Waals surface area contributed by atoms with Gasteiger partial charge in [0.15, 0.2) is 10.9 Å². The second kappa shape index (κ2) is 8.57. The Bertz CT molecular complexity index is 1060. The first-order valence-electron chi connectivity index (χ1n) is 11.2. The monoisotopic (exact) mass is 439 g/mol.